The summed E-state index contributed by atoms with van der Waals surface area (Å²) in [6, 6.07) is 12.5. The Labute approximate surface area is 223 Å². The largest absolute Gasteiger partial charge is 0.455 e. The van der Waals surface area contributed by atoms with Gasteiger partial charge in [-0.25, -0.2) is 4.98 Å². The molecule has 0 aliphatic carbocycles. The second-order valence-corrected chi connectivity index (χ2v) is 9.64. The molecule has 0 bridgehead atoms. The highest BCUT2D eigenvalue weighted by Crippen LogP contribution is 2.33. The number of thiol groups is 1. The van der Waals surface area contributed by atoms with Crippen molar-refractivity contribution in [3.63, 3.8) is 0 Å². The monoisotopic (exact) mass is 533 g/mol. The lowest BCUT2D eigenvalue weighted by atomic mass is 9.98. The minimum absolute atomic E-state index is 0.0945. The van der Waals surface area contributed by atoms with Crippen molar-refractivity contribution in [2.75, 3.05) is 5.32 Å². The fourth-order valence-corrected chi connectivity index (χ4v) is 4.80. The van der Waals surface area contributed by atoms with E-state index >= 15 is 0 Å². The van der Waals surface area contributed by atoms with E-state index in [1.54, 1.807) is 23.7 Å². The van der Waals surface area contributed by atoms with E-state index in [0.717, 1.165) is 27.6 Å². The zero-order chi connectivity index (χ0) is 26.4. The van der Waals surface area contributed by atoms with Gasteiger partial charge >= 0.3 is 0 Å². The molecule has 0 fully saturated rings. The number of pyridine rings is 1. The molecule has 10 heteroatoms. The molecule has 3 aromatic heterocycles. The first-order valence-electron chi connectivity index (χ1n) is 11.6. The third-order valence-corrected chi connectivity index (χ3v) is 6.70. The van der Waals surface area contributed by atoms with Crippen LogP contribution in [0.4, 0.5) is 5.69 Å². The molecule has 1 unspecified atom stereocenters. The Hall–Kier alpha value is -3.82. The summed E-state index contributed by atoms with van der Waals surface area (Å²) >= 11 is 9.87. The van der Waals surface area contributed by atoms with Crippen molar-refractivity contribution < 1.29 is 9.21 Å². The first-order valence-corrected chi connectivity index (χ1v) is 12.4. The van der Waals surface area contributed by atoms with Crippen LogP contribution in [0.1, 0.15) is 40.1 Å². The average Bonchev–Trinajstić information content (AvgIpc) is 3.25. The van der Waals surface area contributed by atoms with Gasteiger partial charge < -0.3 is 9.73 Å². The summed E-state index contributed by atoms with van der Waals surface area (Å²) in [5.74, 6) is 0.00808. The SMILES string of the molecule is Cc1cc(C(C)Nc2ccc(Cl)nc2C(=O)NS)c2oc(-c3ccc4nn(C)cc4c3)c(C)c(=O)c2c1. The maximum atomic E-state index is 13.5. The Morgan fingerprint density at radius 2 is 1.95 bits per heavy atom. The number of nitrogens with one attached hydrogen (secondary N) is 2. The van der Waals surface area contributed by atoms with Gasteiger partial charge in [-0.2, -0.15) is 5.10 Å². The van der Waals surface area contributed by atoms with Crippen LogP contribution in [0.25, 0.3) is 33.2 Å². The van der Waals surface area contributed by atoms with Crippen molar-refractivity contribution in [1.29, 1.82) is 0 Å². The average molecular weight is 534 g/mol. The Morgan fingerprint density at radius 3 is 2.70 bits per heavy atom. The number of rotatable bonds is 5. The lowest BCUT2D eigenvalue weighted by Crippen LogP contribution is -2.19. The number of aromatic nitrogens is 3. The molecular formula is C27H24ClN5O3S. The first-order chi connectivity index (χ1) is 17.7. The molecular weight excluding hydrogens is 510 g/mol. The van der Waals surface area contributed by atoms with Gasteiger partial charge in [0.15, 0.2) is 11.1 Å². The maximum Gasteiger partial charge on any atom is 0.281 e. The van der Waals surface area contributed by atoms with Crippen LogP contribution in [0, 0.1) is 13.8 Å². The summed E-state index contributed by atoms with van der Waals surface area (Å²) in [6.07, 6.45) is 1.92. The van der Waals surface area contributed by atoms with Crippen LogP contribution in [0.15, 0.2) is 57.9 Å². The molecule has 5 rings (SSSR count). The fraction of sp³-hybridized carbons (Fsp3) is 0.185. The van der Waals surface area contributed by atoms with Gasteiger partial charge in [-0.1, -0.05) is 30.5 Å². The van der Waals surface area contributed by atoms with Crippen LogP contribution in [-0.2, 0) is 7.05 Å². The number of hydrogen-bond acceptors (Lipinski definition) is 7. The van der Waals surface area contributed by atoms with Gasteiger partial charge in [0.25, 0.3) is 5.91 Å². The summed E-state index contributed by atoms with van der Waals surface area (Å²) in [7, 11) is 1.87. The molecule has 37 heavy (non-hydrogen) atoms. The minimum atomic E-state index is -0.495. The maximum absolute atomic E-state index is 13.5. The fourth-order valence-electron chi connectivity index (χ4n) is 4.54. The van der Waals surface area contributed by atoms with Gasteiger partial charge in [-0.05, 0) is 62.7 Å². The van der Waals surface area contributed by atoms with Crippen LogP contribution >= 0.6 is 24.4 Å². The highest BCUT2D eigenvalue weighted by Gasteiger charge is 2.21. The van der Waals surface area contributed by atoms with E-state index in [1.165, 1.54) is 0 Å². The van der Waals surface area contributed by atoms with E-state index in [9.17, 15) is 9.59 Å². The molecule has 3 heterocycles. The molecule has 0 saturated carbocycles. The number of carbonyl (C=O) groups is 1. The Morgan fingerprint density at radius 1 is 1.16 bits per heavy atom. The Bertz CT molecular complexity index is 1760. The van der Waals surface area contributed by atoms with Gasteiger partial charge in [0, 0.05) is 35.3 Å². The van der Waals surface area contributed by atoms with Crippen molar-refractivity contribution in [2.24, 2.45) is 7.05 Å². The zero-order valence-electron chi connectivity index (χ0n) is 20.6. The van der Waals surface area contributed by atoms with Crippen molar-refractivity contribution in [1.82, 2.24) is 19.5 Å². The van der Waals surface area contributed by atoms with Crippen LogP contribution in [0.5, 0.6) is 0 Å². The topological polar surface area (TPSA) is 102 Å². The summed E-state index contributed by atoms with van der Waals surface area (Å²) < 4.78 is 10.5. The third kappa shape index (κ3) is 4.56. The van der Waals surface area contributed by atoms with Crippen LogP contribution < -0.4 is 15.5 Å². The smallest absolute Gasteiger partial charge is 0.281 e. The highest BCUT2D eigenvalue weighted by molar-refractivity contribution is 7.78. The molecule has 0 aliphatic heterocycles. The van der Waals surface area contributed by atoms with E-state index < -0.39 is 5.91 Å². The molecule has 1 atom stereocenters. The Kier molecular flexibility index (Phi) is 6.43. The molecule has 1 amide bonds. The lowest BCUT2D eigenvalue weighted by molar-refractivity contribution is 0.0981. The van der Waals surface area contributed by atoms with E-state index in [4.69, 9.17) is 16.0 Å². The molecule has 0 radical (unpaired) electrons. The summed E-state index contributed by atoms with van der Waals surface area (Å²) in [5, 5.41) is 9.37. The van der Waals surface area contributed by atoms with E-state index in [2.05, 4.69) is 32.9 Å². The predicted octanol–water partition coefficient (Wildman–Crippen LogP) is 5.76. The van der Waals surface area contributed by atoms with Crippen molar-refractivity contribution in [3.8, 4) is 11.3 Å². The number of aryl methyl sites for hydroxylation is 2. The molecule has 8 nitrogen and oxygen atoms in total. The number of nitrogens with zero attached hydrogens (tertiary/aromatic N) is 3. The van der Waals surface area contributed by atoms with Gasteiger partial charge in [0.05, 0.1) is 22.6 Å². The van der Waals surface area contributed by atoms with E-state index in [1.807, 2.05) is 57.4 Å². The number of anilines is 1. The number of halogens is 1. The molecule has 0 aliphatic rings. The number of hydrogen-bond donors (Lipinski definition) is 3. The van der Waals surface area contributed by atoms with Gasteiger partial charge in [-0.3, -0.25) is 19.0 Å². The van der Waals surface area contributed by atoms with Crippen molar-refractivity contribution in [3.05, 3.63) is 86.4 Å². The van der Waals surface area contributed by atoms with E-state index in [0.29, 0.717) is 28.0 Å². The first kappa shape index (κ1) is 24.9. The van der Waals surface area contributed by atoms with Gasteiger partial charge in [-0.15, -0.1) is 0 Å². The third-order valence-electron chi connectivity index (χ3n) is 6.29. The van der Waals surface area contributed by atoms with Crippen molar-refractivity contribution in [2.45, 2.75) is 26.8 Å². The quantitative estimate of drug-likeness (QED) is 0.196. The lowest BCUT2D eigenvalue weighted by Gasteiger charge is -2.20. The molecule has 188 valence electrons. The van der Waals surface area contributed by atoms with Gasteiger partial charge in [0.2, 0.25) is 0 Å². The minimum Gasteiger partial charge on any atom is -0.455 e. The second-order valence-electron chi connectivity index (χ2n) is 9.03. The summed E-state index contributed by atoms with van der Waals surface area (Å²) in [5.41, 5.74) is 4.81. The van der Waals surface area contributed by atoms with Gasteiger partial charge in [0.1, 0.15) is 16.5 Å². The predicted molar refractivity (Wildman–Crippen MR) is 149 cm³/mol. The number of carbonyl (C=O) groups excluding carboxylic acids is 1. The van der Waals surface area contributed by atoms with Crippen LogP contribution in [0.2, 0.25) is 5.15 Å². The van der Waals surface area contributed by atoms with E-state index in [-0.39, 0.29) is 22.3 Å². The molecule has 2 aromatic carbocycles. The highest BCUT2D eigenvalue weighted by atomic mass is 35.5. The summed E-state index contributed by atoms with van der Waals surface area (Å²) in [6.45, 7) is 5.63. The second kappa shape index (κ2) is 9.57. The normalized spacial score (nSPS) is 12.2. The van der Waals surface area contributed by atoms with Crippen molar-refractivity contribution >= 4 is 57.9 Å². The van der Waals surface area contributed by atoms with Crippen LogP contribution in [-0.4, -0.2) is 20.7 Å². The zero-order valence-corrected chi connectivity index (χ0v) is 22.2. The molecule has 2 N–H and O–H groups in total. The van der Waals surface area contributed by atoms with Crippen LogP contribution in [0.3, 0.4) is 0 Å². The number of fused-ring (bicyclic) bond motifs is 2. The molecule has 0 saturated heterocycles. The Balaban J connectivity index is 1.66. The number of amides is 1. The standard InChI is InChI=1S/C27H24ClN5O3S/c1-13-9-18(15(3)29-21-7-8-22(28)30-23(21)27(35)32-37)26-19(10-13)24(34)14(2)25(36-26)16-5-6-20-17(11-16)12-33(4)31-20/h5-12,15,29,37H,1-4H3,(H,32,35). The number of benzene rings is 2. The molecule has 5 aromatic rings. The molecule has 0 spiro atoms. The summed E-state index contributed by atoms with van der Waals surface area (Å²) in [4.78, 5) is 30.0.